The fourth-order valence-electron chi connectivity index (χ4n) is 6.67. The highest BCUT2D eigenvalue weighted by Crippen LogP contribution is 2.35. The Kier molecular flexibility index (Phi) is 11.8. The molecule has 1 saturated heterocycles. The lowest BCUT2D eigenvalue weighted by molar-refractivity contribution is -0.118. The minimum Gasteiger partial charge on any atom is -0.492 e. The van der Waals surface area contributed by atoms with Crippen molar-refractivity contribution in [3.8, 4) is 5.75 Å². The Balaban J connectivity index is 1.22. The molecule has 2 amide bonds. The van der Waals surface area contributed by atoms with Crippen molar-refractivity contribution in [2.24, 2.45) is 5.92 Å². The van der Waals surface area contributed by atoms with E-state index in [4.69, 9.17) is 21.1 Å². The summed E-state index contributed by atoms with van der Waals surface area (Å²) < 4.78 is 25.4. The van der Waals surface area contributed by atoms with Crippen LogP contribution < -0.4 is 14.5 Å². The van der Waals surface area contributed by atoms with Crippen molar-refractivity contribution in [1.29, 1.82) is 0 Å². The molecule has 2 atom stereocenters. The van der Waals surface area contributed by atoms with Crippen LogP contribution in [0.25, 0.3) is 0 Å². The number of carbonyl (C=O) groups excluding carboxylic acids is 2. The Hall–Kier alpha value is -3.76. The molecule has 2 unspecified atom stereocenters. The number of amides is 2. The Morgan fingerprint density at radius 3 is 2.52 bits per heavy atom. The summed E-state index contributed by atoms with van der Waals surface area (Å²) in [6.45, 7) is 5.02. The maximum atomic E-state index is 14.1. The Labute approximate surface area is 290 Å². The van der Waals surface area contributed by atoms with Gasteiger partial charge in [0.25, 0.3) is 5.91 Å². The first-order valence-corrected chi connectivity index (χ1v) is 17.9. The molecular weight excluding hydrogens is 649 g/mol. The third-order valence-corrected chi connectivity index (χ3v) is 10.2. The summed E-state index contributed by atoms with van der Waals surface area (Å²) in [6, 6.07) is 24.7. The van der Waals surface area contributed by atoms with Gasteiger partial charge in [-0.25, -0.2) is 4.39 Å². The molecule has 1 aliphatic heterocycles. The van der Waals surface area contributed by atoms with Gasteiger partial charge in [0.05, 0.1) is 19.6 Å². The first kappa shape index (κ1) is 34.1. The van der Waals surface area contributed by atoms with Crippen LogP contribution in [-0.2, 0) is 16.0 Å². The summed E-state index contributed by atoms with van der Waals surface area (Å²) in [5, 5.41) is 2.57. The molecule has 252 valence electrons. The van der Waals surface area contributed by atoms with Gasteiger partial charge in [0, 0.05) is 65.1 Å². The lowest BCUT2D eigenvalue weighted by Crippen LogP contribution is -2.46. The molecule has 2 heterocycles. The topological polar surface area (TPSA) is 62.3 Å². The van der Waals surface area contributed by atoms with Crippen molar-refractivity contribution in [3.63, 3.8) is 0 Å². The second kappa shape index (κ2) is 16.6. The van der Waals surface area contributed by atoms with Crippen LogP contribution in [0.2, 0.25) is 5.02 Å². The fraction of sp³-hybridized carbons (Fsp3) is 0.368. The van der Waals surface area contributed by atoms with Gasteiger partial charge in [0.1, 0.15) is 18.2 Å². The van der Waals surface area contributed by atoms with E-state index in [-0.39, 0.29) is 23.8 Å². The van der Waals surface area contributed by atoms with Gasteiger partial charge in [-0.3, -0.25) is 14.5 Å². The van der Waals surface area contributed by atoms with E-state index in [9.17, 15) is 14.0 Å². The van der Waals surface area contributed by atoms with Crippen molar-refractivity contribution in [2.45, 2.75) is 38.1 Å². The predicted octanol–water partition coefficient (Wildman–Crippen LogP) is 7.73. The van der Waals surface area contributed by atoms with Crippen LogP contribution in [0, 0.1) is 11.7 Å². The fourth-order valence-corrected chi connectivity index (χ4v) is 7.55. The van der Waals surface area contributed by atoms with Gasteiger partial charge >= 0.3 is 0 Å². The number of anilines is 2. The molecule has 1 aliphatic carbocycles. The molecule has 4 aromatic rings. The highest BCUT2D eigenvalue weighted by molar-refractivity contribution is 7.10. The van der Waals surface area contributed by atoms with Gasteiger partial charge in [-0.1, -0.05) is 36.2 Å². The molecule has 0 N–H and O–H groups in total. The molecule has 10 heteroatoms. The van der Waals surface area contributed by atoms with Crippen molar-refractivity contribution >= 4 is 46.1 Å². The standard InChI is InChI=1S/C38H41ClFN3O4S/c39-30-6-2-9-34(24-30)43(37(44)26-36-11-4-22-48-36)33-8-1-5-28(23-33)27-42(38(45)29-12-14-31(40)15-13-29)32-7-3-10-35(25-32)47-21-18-41-16-19-46-20-17-41/h2-4,6-7,9-15,22,24-25,28,33H,1,5,8,16-21,23,26-27H2. The number of benzene rings is 3. The number of rotatable bonds is 12. The summed E-state index contributed by atoms with van der Waals surface area (Å²) in [4.78, 5) is 35.0. The molecule has 0 spiro atoms. The number of ether oxygens (including phenoxy) is 2. The van der Waals surface area contributed by atoms with Crippen LogP contribution in [0.1, 0.15) is 40.9 Å². The van der Waals surface area contributed by atoms with Gasteiger partial charge in [-0.15, -0.1) is 11.3 Å². The van der Waals surface area contributed by atoms with Crippen LogP contribution in [-0.4, -0.2) is 68.8 Å². The largest absolute Gasteiger partial charge is 0.492 e. The first-order chi connectivity index (χ1) is 23.4. The van der Waals surface area contributed by atoms with Crippen LogP contribution >= 0.6 is 22.9 Å². The SMILES string of the molecule is O=C(c1ccc(F)cc1)N(CC1CCCC(N(C(=O)Cc2cccs2)c2cccc(Cl)c2)C1)c1cccc(OCCN2CCOCC2)c1. The zero-order chi connectivity index (χ0) is 33.3. The third kappa shape index (κ3) is 9.02. The Bertz CT molecular complexity index is 1650. The molecule has 3 aromatic carbocycles. The van der Waals surface area contributed by atoms with Crippen molar-refractivity contribution in [1.82, 2.24) is 4.90 Å². The monoisotopic (exact) mass is 689 g/mol. The van der Waals surface area contributed by atoms with Gasteiger partial charge in [0.15, 0.2) is 0 Å². The highest BCUT2D eigenvalue weighted by atomic mass is 35.5. The summed E-state index contributed by atoms with van der Waals surface area (Å²) in [5.74, 6) is 0.243. The number of hydrogen-bond acceptors (Lipinski definition) is 6. The Morgan fingerprint density at radius 1 is 0.958 bits per heavy atom. The molecule has 48 heavy (non-hydrogen) atoms. The first-order valence-electron chi connectivity index (χ1n) is 16.6. The summed E-state index contributed by atoms with van der Waals surface area (Å²) >= 11 is 7.98. The molecular formula is C38H41ClFN3O4S. The number of halogens is 2. The number of nitrogens with zero attached hydrogens (tertiary/aromatic N) is 3. The van der Waals surface area contributed by atoms with Gasteiger partial charge in [-0.2, -0.15) is 0 Å². The zero-order valence-corrected chi connectivity index (χ0v) is 28.5. The number of morpholine rings is 1. The molecule has 7 nitrogen and oxygen atoms in total. The normalized spacial score (nSPS) is 18.3. The van der Waals surface area contributed by atoms with E-state index in [0.717, 1.165) is 74.8 Å². The molecule has 2 fully saturated rings. The minimum atomic E-state index is -0.391. The average molecular weight is 690 g/mol. The average Bonchev–Trinajstić information content (AvgIpc) is 3.61. The van der Waals surface area contributed by atoms with Crippen LogP contribution in [0.4, 0.5) is 15.8 Å². The van der Waals surface area contributed by atoms with E-state index in [1.54, 1.807) is 16.2 Å². The number of hydrogen-bond donors (Lipinski definition) is 0. The van der Waals surface area contributed by atoms with E-state index in [0.29, 0.717) is 35.9 Å². The number of thiophene rings is 1. The maximum Gasteiger partial charge on any atom is 0.258 e. The molecule has 1 saturated carbocycles. The van der Waals surface area contributed by atoms with Crippen molar-refractivity contribution < 1.29 is 23.5 Å². The van der Waals surface area contributed by atoms with E-state index in [1.165, 1.54) is 24.3 Å². The number of carbonyl (C=O) groups is 2. The Morgan fingerprint density at radius 2 is 1.75 bits per heavy atom. The lowest BCUT2D eigenvalue weighted by atomic mass is 9.84. The van der Waals surface area contributed by atoms with Gasteiger partial charge in [-0.05, 0) is 91.2 Å². The van der Waals surface area contributed by atoms with E-state index >= 15 is 0 Å². The summed E-state index contributed by atoms with van der Waals surface area (Å²) in [5.41, 5.74) is 1.92. The quantitative estimate of drug-likeness (QED) is 0.152. The van der Waals surface area contributed by atoms with Crippen LogP contribution in [0.3, 0.4) is 0 Å². The van der Waals surface area contributed by atoms with Crippen LogP contribution in [0.15, 0.2) is 90.3 Å². The molecule has 2 aliphatic rings. The molecule has 6 rings (SSSR count). The molecule has 0 bridgehead atoms. The zero-order valence-electron chi connectivity index (χ0n) is 26.9. The third-order valence-electron chi connectivity index (χ3n) is 9.07. The molecule has 0 radical (unpaired) electrons. The van der Waals surface area contributed by atoms with Crippen molar-refractivity contribution in [3.05, 3.63) is 112 Å². The predicted molar refractivity (Wildman–Crippen MR) is 190 cm³/mol. The van der Waals surface area contributed by atoms with Crippen LogP contribution in [0.5, 0.6) is 5.75 Å². The minimum absolute atomic E-state index is 0.0338. The second-order valence-corrected chi connectivity index (χ2v) is 13.9. The second-order valence-electron chi connectivity index (χ2n) is 12.4. The van der Waals surface area contributed by atoms with Gasteiger partial charge in [0.2, 0.25) is 5.91 Å². The summed E-state index contributed by atoms with van der Waals surface area (Å²) in [6.07, 6.45) is 3.74. The lowest BCUT2D eigenvalue weighted by Gasteiger charge is -2.39. The van der Waals surface area contributed by atoms with E-state index in [2.05, 4.69) is 4.90 Å². The summed E-state index contributed by atoms with van der Waals surface area (Å²) in [7, 11) is 0. The molecule has 1 aromatic heterocycles. The van der Waals surface area contributed by atoms with E-state index < -0.39 is 5.82 Å². The van der Waals surface area contributed by atoms with Gasteiger partial charge < -0.3 is 19.3 Å². The maximum absolute atomic E-state index is 14.1. The van der Waals surface area contributed by atoms with Crippen molar-refractivity contribution in [2.75, 3.05) is 55.8 Å². The highest BCUT2D eigenvalue weighted by Gasteiger charge is 2.33. The van der Waals surface area contributed by atoms with E-state index in [1.807, 2.05) is 70.9 Å². The smallest absolute Gasteiger partial charge is 0.258 e.